The molecule has 0 fully saturated rings. The molecule has 0 spiro atoms. The molecule has 2 rings (SSSR count). The normalized spacial score (nSPS) is 9.92. The largest absolute Gasteiger partial charge is 0.507 e. The Morgan fingerprint density at radius 1 is 1.08 bits per heavy atom. The highest BCUT2D eigenvalue weighted by atomic mass is 16.5. The van der Waals surface area contributed by atoms with Crippen LogP contribution in [0.5, 0.6) is 17.2 Å². The van der Waals surface area contributed by atoms with Crippen LogP contribution in [-0.2, 0) is 9.53 Å². The standard InChI is InChI=1S/C17H17NO6/c1-22-11-7-8-13(15(9-11)23-2)18-16(20)10-24-17(21)12-5-3-4-6-14(12)19/h3-9,19H,10H2,1-2H3,(H,18,20). The highest BCUT2D eigenvalue weighted by Gasteiger charge is 2.15. The first-order valence-corrected chi connectivity index (χ1v) is 7.02. The van der Waals surface area contributed by atoms with Gasteiger partial charge >= 0.3 is 5.97 Å². The maximum atomic E-state index is 11.9. The van der Waals surface area contributed by atoms with E-state index >= 15 is 0 Å². The molecule has 0 aliphatic carbocycles. The van der Waals surface area contributed by atoms with E-state index in [9.17, 15) is 14.7 Å². The number of hydrogen-bond donors (Lipinski definition) is 2. The number of carbonyl (C=O) groups excluding carboxylic acids is 2. The number of phenolic OH excluding ortho intramolecular Hbond substituents is 1. The minimum Gasteiger partial charge on any atom is -0.507 e. The number of esters is 1. The lowest BCUT2D eigenvalue weighted by Gasteiger charge is -2.12. The number of nitrogens with one attached hydrogen (secondary N) is 1. The van der Waals surface area contributed by atoms with Crippen molar-refractivity contribution in [3.63, 3.8) is 0 Å². The molecule has 0 saturated carbocycles. The van der Waals surface area contributed by atoms with Gasteiger partial charge in [0.05, 0.1) is 19.9 Å². The third-order valence-corrected chi connectivity index (χ3v) is 3.14. The number of methoxy groups -OCH3 is 2. The van der Waals surface area contributed by atoms with Gasteiger partial charge in [-0.1, -0.05) is 12.1 Å². The number of amides is 1. The summed E-state index contributed by atoms with van der Waals surface area (Å²) in [6.07, 6.45) is 0. The summed E-state index contributed by atoms with van der Waals surface area (Å²) in [5.74, 6) is -0.544. The van der Waals surface area contributed by atoms with Crippen molar-refractivity contribution in [2.45, 2.75) is 0 Å². The monoisotopic (exact) mass is 331 g/mol. The first-order valence-electron chi connectivity index (χ1n) is 7.02. The van der Waals surface area contributed by atoms with Crippen molar-refractivity contribution in [3.8, 4) is 17.2 Å². The second kappa shape index (κ2) is 7.87. The topological polar surface area (TPSA) is 94.1 Å². The number of para-hydroxylation sites is 1. The third kappa shape index (κ3) is 4.16. The fourth-order valence-electron chi connectivity index (χ4n) is 1.94. The van der Waals surface area contributed by atoms with Crippen molar-refractivity contribution in [3.05, 3.63) is 48.0 Å². The number of benzene rings is 2. The van der Waals surface area contributed by atoms with Crippen LogP contribution in [0.1, 0.15) is 10.4 Å². The van der Waals surface area contributed by atoms with Crippen LogP contribution in [0.2, 0.25) is 0 Å². The molecule has 0 heterocycles. The Hall–Kier alpha value is -3.22. The van der Waals surface area contributed by atoms with Crippen LogP contribution in [-0.4, -0.2) is 37.8 Å². The Morgan fingerprint density at radius 2 is 1.83 bits per heavy atom. The molecule has 24 heavy (non-hydrogen) atoms. The zero-order valence-electron chi connectivity index (χ0n) is 13.2. The fraction of sp³-hybridized carbons (Fsp3) is 0.176. The summed E-state index contributed by atoms with van der Waals surface area (Å²) in [5, 5.41) is 12.1. The fourth-order valence-corrected chi connectivity index (χ4v) is 1.94. The summed E-state index contributed by atoms with van der Waals surface area (Å²) in [6.45, 7) is -0.498. The van der Waals surface area contributed by atoms with Gasteiger partial charge in [0.1, 0.15) is 22.8 Å². The van der Waals surface area contributed by atoms with Gasteiger partial charge in [0.25, 0.3) is 5.91 Å². The van der Waals surface area contributed by atoms with Gasteiger partial charge in [-0.3, -0.25) is 4.79 Å². The van der Waals surface area contributed by atoms with Crippen molar-refractivity contribution in [2.75, 3.05) is 26.1 Å². The van der Waals surface area contributed by atoms with Gasteiger partial charge in [0, 0.05) is 6.07 Å². The first kappa shape index (κ1) is 17.1. The maximum absolute atomic E-state index is 11.9. The summed E-state index contributed by atoms with van der Waals surface area (Å²) in [6, 6.07) is 10.8. The van der Waals surface area contributed by atoms with E-state index in [1.165, 1.54) is 26.4 Å². The van der Waals surface area contributed by atoms with Gasteiger partial charge in [-0.15, -0.1) is 0 Å². The van der Waals surface area contributed by atoms with Crippen LogP contribution in [0.3, 0.4) is 0 Å². The Bertz CT molecular complexity index is 744. The van der Waals surface area contributed by atoms with Crippen LogP contribution in [0.4, 0.5) is 5.69 Å². The molecular weight excluding hydrogens is 314 g/mol. The van der Waals surface area contributed by atoms with Crippen molar-refractivity contribution in [1.82, 2.24) is 0 Å². The van der Waals surface area contributed by atoms with Gasteiger partial charge in [0.2, 0.25) is 0 Å². The zero-order chi connectivity index (χ0) is 17.5. The smallest absolute Gasteiger partial charge is 0.342 e. The van der Waals surface area contributed by atoms with Gasteiger partial charge in [-0.05, 0) is 24.3 Å². The molecule has 0 radical (unpaired) electrons. The molecule has 0 bridgehead atoms. The van der Waals surface area contributed by atoms with E-state index < -0.39 is 18.5 Å². The van der Waals surface area contributed by atoms with Gasteiger partial charge < -0.3 is 24.6 Å². The quantitative estimate of drug-likeness (QED) is 0.788. The molecule has 126 valence electrons. The van der Waals surface area contributed by atoms with Crippen LogP contribution in [0, 0.1) is 0 Å². The minimum atomic E-state index is -0.787. The summed E-state index contributed by atoms with van der Waals surface area (Å²) in [5.41, 5.74) is 0.411. The lowest BCUT2D eigenvalue weighted by molar-refractivity contribution is -0.119. The molecule has 0 aromatic heterocycles. The van der Waals surface area contributed by atoms with E-state index in [-0.39, 0.29) is 11.3 Å². The lowest BCUT2D eigenvalue weighted by atomic mass is 10.2. The first-order chi connectivity index (χ1) is 11.5. The molecule has 0 saturated heterocycles. The Kier molecular flexibility index (Phi) is 5.62. The molecule has 0 aliphatic rings. The predicted octanol–water partition coefficient (Wildman–Crippen LogP) is 2.20. The van der Waals surface area contributed by atoms with E-state index in [4.69, 9.17) is 14.2 Å². The van der Waals surface area contributed by atoms with E-state index in [2.05, 4.69) is 5.32 Å². The number of phenols is 1. The van der Waals surface area contributed by atoms with Crippen molar-refractivity contribution in [2.24, 2.45) is 0 Å². The number of aromatic hydroxyl groups is 1. The number of anilines is 1. The van der Waals surface area contributed by atoms with Crippen LogP contribution in [0.25, 0.3) is 0 Å². The van der Waals surface area contributed by atoms with Crippen LogP contribution in [0.15, 0.2) is 42.5 Å². The Labute approximate surface area is 138 Å². The average Bonchev–Trinajstić information content (AvgIpc) is 2.60. The SMILES string of the molecule is COc1ccc(NC(=O)COC(=O)c2ccccc2O)c(OC)c1. The molecule has 0 atom stereocenters. The molecule has 7 nitrogen and oxygen atoms in total. The maximum Gasteiger partial charge on any atom is 0.342 e. The summed E-state index contributed by atoms with van der Waals surface area (Å²) in [4.78, 5) is 23.7. The molecule has 2 aromatic carbocycles. The molecular formula is C17H17NO6. The number of hydrogen-bond acceptors (Lipinski definition) is 6. The molecule has 2 aromatic rings. The predicted molar refractivity (Wildman–Crippen MR) is 86.6 cm³/mol. The van der Waals surface area contributed by atoms with E-state index in [0.29, 0.717) is 17.2 Å². The zero-order valence-corrected chi connectivity index (χ0v) is 13.2. The van der Waals surface area contributed by atoms with Crippen molar-refractivity contribution in [1.29, 1.82) is 0 Å². The van der Waals surface area contributed by atoms with E-state index in [1.54, 1.807) is 30.3 Å². The molecule has 7 heteroatoms. The average molecular weight is 331 g/mol. The lowest BCUT2D eigenvalue weighted by Crippen LogP contribution is -2.21. The Morgan fingerprint density at radius 3 is 2.50 bits per heavy atom. The number of ether oxygens (including phenoxy) is 3. The highest BCUT2D eigenvalue weighted by Crippen LogP contribution is 2.28. The van der Waals surface area contributed by atoms with Gasteiger partial charge in [-0.2, -0.15) is 0 Å². The second-order valence-corrected chi connectivity index (χ2v) is 4.71. The van der Waals surface area contributed by atoms with Crippen molar-refractivity contribution < 1.29 is 28.9 Å². The molecule has 0 aliphatic heterocycles. The summed E-state index contributed by atoms with van der Waals surface area (Å²) < 4.78 is 15.1. The minimum absolute atomic E-state index is 0.00710. The molecule has 1 amide bonds. The Balaban J connectivity index is 1.96. The number of rotatable bonds is 6. The molecule has 2 N–H and O–H groups in total. The van der Waals surface area contributed by atoms with Crippen LogP contribution < -0.4 is 14.8 Å². The van der Waals surface area contributed by atoms with Crippen LogP contribution >= 0.6 is 0 Å². The second-order valence-electron chi connectivity index (χ2n) is 4.71. The number of carbonyl (C=O) groups is 2. The highest BCUT2D eigenvalue weighted by molar-refractivity contribution is 5.97. The summed E-state index contributed by atoms with van der Waals surface area (Å²) >= 11 is 0. The van der Waals surface area contributed by atoms with E-state index in [0.717, 1.165) is 0 Å². The van der Waals surface area contributed by atoms with E-state index in [1.807, 2.05) is 0 Å². The van der Waals surface area contributed by atoms with Crippen molar-refractivity contribution >= 4 is 17.6 Å². The van der Waals surface area contributed by atoms with Gasteiger partial charge in [-0.25, -0.2) is 4.79 Å². The third-order valence-electron chi connectivity index (χ3n) is 3.14. The van der Waals surface area contributed by atoms with Gasteiger partial charge in [0.15, 0.2) is 6.61 Å². The summed E-state index contributed by atoms with van der Waals surface area (Å²) in [7, 11) is 2.98. The molecule has 0 unspecified atom stereocenters.